The minimum absolute atomic E-state index is 0.0183. The summed E-state index contributed by atoms with van der Waals surface area (Å²) in [6, 6.07) is 13.7. The van der Waals surface area contributed by atoms with Gasteiger partial charge in [0.25, 0.3) is 5.91 Å². The van der Waals surface area contributed by atoms with Crippen LogP contribution in [0.15, 0.2) is 48.7 Å². The average Bonchev–Trinajstić information content (AvgIpc) is 2.88. The second kappa shape index (κ2) is 6.61. The summed E-state index contributed by atoms with van der Waals surface area (Å²) in [6.07, 6.45) is 4.83. The maximum Gasteiger partial charge on any atom is 0.273 e. The van der Waals surface area contributed by atoms with Crippen molar-refractivity contribution in [2.24, 2.45) is 0 Å². The molecule has 0 saturated carbocycles. The molecular formula is C19H21N3O2. The van der Waals surface area contributed by atoms with E-state index in [-0.39, 0.29) is 11.9 Å². The quantitative estimate of drug-likeness (QED) is 0.944. The van der Waals surface area contributed by atoms with E-state index in [1.807, 2.05) is 35.2 Å². The van der Waals surface area contributed by atoms with Crippen LogP contribution in [0, 0.1) is 0 Å². The molecule has 1 amide bonds. The van der Waals surface area contributed by atoms with Gasteiger partial charge in [-0.05, 0) is 44.0 Å². The average molecular weight is 323 g/mol. The Bertz CT molecular complexity index is 706. The molecule has 5 nitrogen and oxygen atoms in total. The van der Waals surface area contributed by atoms with Gasteiger partial charge in [-0.1, -0.05) is 18.2 Å². The maximum atomic E-state index is 13.0. The van der Waals surface area contributed by atoms with E-state index in [1.54, 1.807) is 18.3 Å². The zero-order valence-corrected chi connectivity index (χ0v) is 13.5. The standard InChI is InChI=1S/C19H21N3O2/c23-19(22-14-6-7-15(22)13-20-10-8-14)18-12-17(9-11-21-18)24-16-4-2-1-3-5-16/h1-5,9,11-12,14-15,20H,6-8,10,13H2. The molecule has 2 saturated heterocycles. The highest BCUT2D eigenvalue weighted by molar-refractivity contribution is 5.93. The number of pyridine rings is 1. The number of fused-ring (bicyclic) bond motifs is 2. The molecule has 1 aromatic heterocycles. The van der Waals surface area contributed by atoms with Crippen molar-refractivity contribution in [3.63, 3.8) is 0 Å². The minimum atomic E-state index is 0.0183. The van der Waals surface area contributed by atoms with Crippen molar-refractivity contribution in [1.29, 1.82) is 0 Å². The molecule has 0 aliphatic carbocycles. The van der Waals surface area contributed by atoms with Crippen LogP contribution in [0.4, 0.5) is 0 Å². The Hall–Kier alpha value is -2.40. The lowest BCUT2D eigenvalue weighted by Crippen LogP contribution is -2.42. The fourth-order valence-corrected chi connectivity index (χ4v) is 3.66. The topological polar surface area (TPSA) is 54.5 Å². The summed E-state index contributed by atoms with van der Waals surface area (Å²) in [5.41, 5.74) is 0.460. The van der Waals surface area contributed by atoms with E-state index in [1.165, 1.54) is 0 Å². The predicted octanol–water partition coefficient (Wildman–Crippen LogP) is 2.84. The van der Waals surface area contributed by atoms with Crippen molar-refractivity contribution < 1.29 is 9.53 Å². The van der Waals surface area contributed by atoms with Crippen LogP contribution in [-0.2, 0) is 0 Å². The number of nitrogens with one attached hydrogen (secondary N) is 1. The van der Waals surface area contributed by atoms with Gasteiger partial charge in [0.1, 0.15) is 17.2 Å². The summed E-state index contributed by atoms with van der Waals surface area (Å²) >= 11 is 0. The number of carbonyl (C=O) groups is 1. The van der Waals surface area contributed by atoms with Crippen molar-refractivity contribution in [3.05, 3.63) is 54.4 Å². The zero-order chi connectivity index (χ0) is 16.4. The Morgan fingerprint density at radius 1 is 1.08 bits per heavy atom. The van der Waals surface area contributed by atoms with Gasteiger partial charge in [-0.2, -0.15) is 0 Å². The SMILES string of the molecule is O=C(c1cc(Oc2ccccc2)ccn1)N1C2CCNCC1CC2. The van der Waals surface area contributed by atoms with Gasteiger partial charge in [0.2, 0.25) is 0 Å². The molecule has 2 aliphatic rings. The number of rotatable bonds is 3. The first-order chi connectivity index (χ1) is 11.8. The van der Waals surface area contributed by atoms with E-state index in [9.17, 15) is 4.79 Å². The molecule has 1 aromatic carbocycles. The van der Waals surface area contributed by atoms with E-state index in [4.69, 9.17) is 4.74 Å². The van der Waals surface area contributed by atoms with Crippen molar-refractivity contribution >= 4 is 5.91 Å². The van der Waals surface area contributed by atoms with Crippen molar-refractivity contribution in [1.82, 2.24) is 15.2 Å². The number of para-hydroxylation sites is 1. The summed E-state index contributed by atoms with van der Waals surface area (Å²) in [5, 5.41) is 3.42. The first-order valence-electron chi connectivity index (χ1n) is 8.53. The van der Waals surface area contributed by atoms with Gasteiger partial charge in [-0.15, -0.1) is 0 Å². The van der Waals surface area contributed by atoms with Crippen LogP contribution in [0.25, 0.3) is 0 Å². The van der Waals surface area contributed by atoms with Gasteiger partial charge in [0, 0.05) is 30.9 Å². The number of aromatic nitrogens is 1. The van der Waals surface area contributed by atoms with Crippen LogP contribution in [0.1, 0.15) is 29.8 Å². The van der Waals surface area contributed by atoms with Crippen LogP contribution in [0.3, 0.4) is 0 Å². The summed E-state index contributed by atoms with van der Waals surface area (Å²) < 4.78 is 5.83. The minimum Gasteiger partial charge on any atom is -0.457 e. The Morgan fingerprint density at radius 3 is 2.79 bits per heavy atom. The van der Waals surface area contributed by atoms with Gasteiger partial charge in [-0.25, -0.2) is 0 Å². The Kier molecular flexibility index (Phi) is 4.17. The van der Waals surface area contributed by atoms with Gasteiger partial charge in [-0.3, -0.25) is 9.78 Å². The number of benzene rings is 1. The van der Waals surface area contributed by atoms with Crippen LogP contribution in [-0.4, -0.2) is 41.0 Å². The van der Waals surface area contributed by atoms with Crippen molar-refractivity contribution in [3.8, 4) is 11.5 Å². The van der Waals surface area contributed by atoms with Gasteiger partial charge in [0.15, 0.2) is 0 Å². The number of amides is 1. The highest BCUT2D eigenvalue weighted by Crippen LogP contribution is 2.30. The number of nitrogens with zero attached hydrogens (tertiary/aromatic N) is 2. The van der Waals surface area contributed by atoms with E-state index < -0.39 is 0 Å². The molecule has 2 bridgehead atoms. The predicted molar refractivity (Wildman–Crippen MR) is 91.2 cm³/mol. The second-order valence-corrected chi connectivity index (χ2v) is 6.38. The number of ether oxygens (including phenoxy) is 1. The van der Waals surface area contributed by atoms with Crippen molar-refractivity contribution in [2.45, 2.75) is 31.3 Å². The van der Waals surface area contributed by atoms with Crippen molar-refractivity contribution in [2.75, 3.05) is 13.1 Å². The smallest absolute Gasteiger partial charge is 0.273 e. The number of carbonyl (C=O) groups excluding carboxylic acids is 1. The highest BCUT2D eigenvalue weighted by Gasteiger charge is 2.38. The lowest BCUT2D eigenvalue weighted by atomic mass is 10.1. The third-order valence-electron chi connectivity index (χ3n) is 4.82. The van der Waals surface area contributed by atoms with Gasteiger partial charge in [0.05, 0.1) is 0 Å². The lowest BCUT2D eigenvalue weighted by molar-refractivity contribution is 0.0674. The van der Waals surface area contributed by atoms with Crippen LogP contribution in [0.2, 0.25) is 0 Å². The maximum absolute atomic E-state index is 13.0. The van der Waals surface area contributed by atoms with E-state index in [0.29, 0.717) is 17.5 Å². The van der Waals surface area contributed by atoms with E-state index in [0.717, 1.165) is 38.1 Å². The van der Waals surface area contributed by atoms with E-state index in [2.05, 4.69) is 10.3 Å². The molecule has 24 heavy (non-hydrogen) atoms. The molecule has 2 atom stereocenters. The molecule has 2 unspecified atom stereocenters. The Balaban J connectivity index is 1.55. The summed E-state index contributed by atoms with van der Waals surface area (Å²) in [6.45, 7) is 1.86. The molecule has 4 rings (SSSR count). The van der Waals surface area contributed by atoms with Gasteiger partial charge >= 0.3 is 0 Å². The van der Waals surface area contributed by atoms with Crippen LogP contribution < -0.4 is 10.1 Å². The van der Waals surface area contributed by atoms with Gasteiger partial charge < -0.3 is 15.0 Å². The first-order valence-corrected chi connectivity index (χ1v) is 8.53. The first kappa shape index (κ1) is 15.1. The largest absolute Gasteiger partial charge is 0.457 e. The second-order valence-electron chi connectivity index (χ2n) is 6.38. The number of hydrogen-bond donors (Lipinski definition) is 1. The lowest BCUT2D eigenvalue weighted by Gasteiger charge is -2.27. The fraction of sp³-hybridized carbons (Fsp3) is 0.368. The summed E-state index contributed by atoms with van der Waals surface area (Å²) in [5.74, 6) is 1.41. The van der Waals surface area contributed by atoms with E-state index >= 15 is 0 Å². The molecule has 2 fully saturated rings. The molecule has 2 aliphatic heterocycles. The molecule has 1 N–H and O–H groups in total. The van der Waals surface area contributed by atoms with Crippen LogP contribution in [0.5, 0.6) is 11.5 Å². The Morgan fingerprint density at radius 2 is 1.92 bits per heavy atom. The highest BCUT2D eigenvalue weighted by atomic mass is 16.5. The fourth-order valence-electron chi connectivity index (χ4n) is 3.66. The molecule has 0 radical (unpaired) electrons. The molecule has 3 heterocycles. The molecule has 124 valence electrons. The zero-order valence-electron chi connectivity index (χ0n) is 13.5. The monoisotopic (exact) mass is 323 g/mol. The number of hydrogen-bond acceptors (Lipinski definition) is 4. The third kappa shape index (κ3) is 2.99. The Labute approximate surface area is 141 Å². The third-order valence-corrected chi connectivity index (χ3v) is 4.82. The molecule has 2 aromatic rings. The molecule has 0 spiro atoms. The summed E-state index contributed by atoms with van der Waals surface area (Å²) in [4.78, 5) is 19.3. The summed E-state index contributed by atoms with van der Waals surface area (Å²) in [7, 11) is 0. The molecule has 5 heteroatoms. The van der Waals surface area contributed by atoms with Crippen LogP contribution >= 0.6 is 0 Å². The normalized spacial score (nSPS) is 22.9. The molecular weight excluding hydrogens is 302 g/mol.